The Labute approximate surface area is 217 Å². The molecular weight excluding hydrogens is 511 g/mol. The Morgan fingerprint density at radius 3 is 2.41 bits per heavy atom. The Morgan fingerprint density at radius 2 is 1.76 bits per heavy atom. The Morgan fingerprint density at radius 1 is 1.00 bits per heavy atom. The number of thiophene rings is 1. The zero-order chi connectivity index (χ0) is 24.2. The van der Waals surface area contributed by atoms with E-state index in [2.05, 4.69) is 15.5 Å². The van der Waals surface area contributed by atoms with E-state index in [9.17, 15) is 9.59 Å². The molecule has 0 aliphatic carbocycles. The van der Waals surface area contributed by atoms with E-state index < -0.39 is 0 Å². The average molecular weight is 534 g/mol. The Kier molecular flexibility index (Phi) is 7.73. The van der Waals surface area contributed by atoms with Crippen LogP contribution in [0.3, 0.4) is 0 Å². The van der Waals surface area contributed by atoms with Crippen molar-refractivity contribution in [3.05, 3.63) is 80.0 Å². The van der Waals surface area contributed by atoms with Crippen molar-refractivity contribution in [3.8, 4) is 0 Å². The van der Waals surface area contributed by atoms with E-state index in [1.165, 1.54) is 11.3 Å². The minimum atomic E-state index is -0.350. The van der Waals surface area contributed by atoms with Crippen LogP contribution in [0.1, 0.15) is 25.6 Å². The van der Waals surface area contributed by atoms with Gasteiger partial charge in [0.2, 0.25) is 0 Å². The fourth-order valence-electron chi connectivity index (χ4n) is 3.62. The van der Waals surface area contributed by atoms with Crippen molar-refractivity contribution in [1.29, 1.82) is 0 Å². The molecule has 6 nitrogen and oxygen atoms in total. The zero-order valence-electron chi connectivity index (χ0n) is 18.3. The van der Waals surface area contributed by atoms with Crippen molar-refractivity contribution in [2.45, 2.75) is 6.92 Å². The first-order chi connectivity index (χ1) is 16.3. The van der Waals surface area contributed by atoms with Gasteiger partial charge in [0.15, 0.2) is 5.11 Å². The van der Waals surface area contributed by atoms with Crippen LogP contribution in [0, 0.1) is 6.92 Å². The summed E-state index contributed by atoms with van der Waals surface area (Å²) in [5.74, 6) is -0.277. The third kappa shape index (κ3) is 5.70. The molecule has 34 heavy (non-hydrogen) atoms. The topological polar surface area (TPSA) is 64.7 Å². The van der Waals surface area contributed by atoms with Crippen LogP contribution in [0.15, 0.2) is 53.9 Å². The lowest BCUT2D eigenvalue weighted by molar-refractivity contribution is 0.0751. The van der Waals surface area contributed by atoms with Gasteiger partial charge < -0.3 is 15.1 Å². The number of hydrogen-bond acceptors (Lipinski definition) is 5. The molecule has 1 saturated heterocycles. The summed E-state index contributed by atoms with van der Waals surface area (Å²) in [7, 11) is 0. The Balaban J connectivity index is 1.33. The molecule has 1 aromatic heterocycles. The fraction of sp³-hybridized carbons (Fsp3) is 0.208. The predicted octanol–water partition coefficient (Wildman–Crippen LogP) is 5.45. The molecule has 0 atom stereocenters. The number of thiocarbonyl (C=S) groups is 1. The number of carbonyl (C=O) groups is 2. The quantitative estimate of drug-likeness (QED) is 0.437. The highest BCUT2D eigenvalue weighted by Crippen LogP contribution is 2.30. The molecule has 176 valence electrons. The van der Waals surface area contributed by atoms with Crippen molar-refractivity contribution < 1.29 is 9.59 Å². The van der Waals surface area contributed by atoms with Crippen LogP contribution in [0.5, 0.6) is 0 Å². The van der Waals surface area contributed by atoms with E-state index in [1.807, 2.05) is 41.5 Å². The monoisotopic (exact) mass is 532 g/mol. The van der Waals surface area contributed by atoms with Crippen LogP contribution < -0.4 is 15.5 Å². The highest BCUT2D eigenvalue weighted by Gasteiger charge is 2.24. The lowest BCUT2D eigenvalue weighted by atomic mass is 10.1. The molecule has 10 heteroatoms. The second kappa shape index (κ2) is 10.7. The molecule has 2 amide bonds. The molecule has 0 saturated carbocycles. The van der Waals surface area contributed by atoms with E-state index in [1.54, 1.807) is 24.3 Å². The summed E-state index contributed by atoms with van der Waals surface area (Å²) >= 11 is 19.4. The number of amides is 2. The van der Waals surface area contributed by atoms with Crippen molar-refractivity contribution in [2.75, 3.05) is 36.4 Å². The van der Waals surface area contributed by atoms with Crippen molar-refractivity contribution in [3.63, 3.8) is 0 Å². The first kappa shape index (κ1) is 24.5. The third-order valence-corrected chi connectivity index (χ3v) is 7.28. The molecule has 4 rings (SSSR count). The molecular formula is C24H22Cl2N4O2S2. The third-order valence-electron chi connectivity index (χ3n) is 5.51. The number of hydrogen-bond donors (Lipinski definition) is 2. The van der Waals surface area contributed by atoms with Crippen LogP contribution in [0.25, 0.3) is 0 Å². The number of benzene rings is 2. The van der Waals surface area contributed by atoms with Gasteiger partial charge in [-0.25, -0.2) is 0 Å². The number of aryl methyl sites for hydroxylation is 1. The highest BCUT2D eigenvalue weighted by molar-refractivity contribution is 7.80. The molecule has 2 aromatic carbocycles. The second-order valence-corrected chi connectivity index (χ2v) is 9.97. The number of nitrogens with one attached hydrogen (secondary N) is 2. The van der Waals surface area contributed by atoms with Crippen LogP contribution in [0.2, 0.25) is 10.0 Å². The van der Waals surface area contributed by atoms with Gasteiger partial charge >= 0.3 is 0 Å². The van der Waals surface area contributed by atoms with Gasteiger partial charge in [-0.05, 0) is 66.5 Å². The number of piperazine rings is 1. The number of anilines is 2. The van der Waals surface area contributed by atoms with Crippen LogP contribution >= 0.6 is 46.8 Å². The second-order valence-electron chi connectivity index (χ2n) is 7.79. The Bertz CT molecular complexity index is 1230. The van der Waals surface area contributed by atoms with E-state index in [0.29, 0.717) is 47.5 Å². The number of rotatable bonds is 4. The normalized spacial score (nSPS) is 13.5. The highest BCUT2D eigenvalue weighted by atomic mass is 35.5. The minimum absolute atomic E-state index is 0.0729. The predicted molar refractivity (Wildman–Crippen MR) is 144 cm³/mol. The summed E-state index contributed by atoms with van der Waals surface area (Å²) in [6, 6.07) is 14.3. The summed E-state index contributed by atoms with van der Waals surface area (Å²) in [5, 5.41) is 8.78. The van der Waals surface area contributed by atoms with Crippen molar-refractivity contribution in [2.24, 2.45) is 0 Å². The standard InChI is InChI=1S/C24H22Cl2N4O2S2/c1-15-4-5-16(13-18(15)25)22(31)28-24(33)27-17-6-7-20(19(26)14-17)29-8-10-30(11-9-29)23(32)21-3-2-12-34-21/h2-7,12-14H,8-11H2,1H3,(H2,27,28,31,33). The van der Waals surface area contributed by atoms with Gasteiger partial charge in [-0.3, -0.25) is 14.9 Å². The maximum absolute atomic E-state index is 12.6. The zero-order valence-corrected chi connectivity index (χ0v) is 21.5. The molecule has 0 unspecified atom stereocenters. The first-order valence-corrected chi connectivity index (χ1v) is 12.6. The molecule has 0 spiro atoms. The van der Waals surface area contributed by atoms with Crippen LogP contribution in [-0.4, -0.2) is 48.0 Å². The van der Waals surface area contributed by atoms with E-state index in [-0.39, 0.29) is 16.9 Å². The summed E-state index contributed by atoms with van der Waals surface area (Å²) in [5.41, 5.74) is 2.86. The lowest BCUT2D eigenvalue weighted by Crippen LogP contribution is -2.48. The lowest BCUT2D eigenvalue weighted by Gasteiger charge is -2.36. The molecule has 2 N–H and O–H groups in total. The first-order valence-electron chi connectivity index (χ1n) is 10.6. The number of halogens is 2. The SMILES string of the molecule is Cc1ccc(C(=O)NC(=S)Nc2ccc(N3CCN(C(=O)c4cccs4)CC3)c(Cl)c2)cc1Cl. The maximum Gasteiger partial charge on any atom is 0.264 e. The fourth-order valence-corrected chi connectivity index (χ4v) is 5.00. The van der Waals surface area contributed by atoms with Gasteiger partial charge in [-0.15, -0.1) is 11.3 Å². The van der Waals surface area contributed by atoms with Crippen molar-refractivity contribution in [1.82, 2.24) is 10.2 Å². The van der Waals surface area contributed by atoms with Gasteiger partial charge in [-0.1, -0.05) is 35.3 Å². The summed E-state index contributed by atoms with van der Waals surface area (Å²) in [6.07, 6.45) is 0. The van der Waals surface area contributed by atoms with E-state index in [4.69, 9.17) is 35.4 Å². The molecule has 1 aliphatic heterocycles. The average Bonchev–Trinajstić information content (AvgIpc) is 3.35. The molecule has 2 heterocycles. The van der Waals surface area contributed by atoms with Gasteiger partial charge in [-0.2, -0.15) is 0 Å². The minimum Gasteiger partial charge on any atom is -0.367 e. The van der Waals surface area contributed by atoms with Crippen LogP contribution in [-0.2, 0) is 0 Å². The summed E-state index contributed by atoms with van der Waals surface area (Å²) in [4.78, 5) is 29.8. The molecule has 1 aliphatic rings. The van der Waals surface area contributed by atoms with E-state index >= 15 is 0 Å². The van der Waals surface area contributed by atoms with Crippen molar-refractivity contribution >= 4 is 75.1 Å². The molecule has 1 fully saturated rings. The Hall–Kier alpha value is -2.65. The van der Waals surface area contributed by atoms with Gasteiger partial charge in [0.1, 0.15) is 0 Å². The van der Waals surface area contributed by atoms with Crippen LogP contribution in [0.4, 0.5) is 11.4 Å². The maximum atomic E-state index is 12.6. The van der Waals surface area contributed by atoms with E-state index in [0.717, 1.165) is 16.1 Å². The molecule has 0 radical (unpaired) electrons. The molecule has 3 aromatic rings. The number of carbonyl (C=O) groups excluding carboxylic acids is 2. The summed E-state index contributed by atoms with van der Waals surface area (Å²) in [6.45, 7) is 4.51. The largest absolute Gasteiger partial charge is 0.367 e. The number of nitrogens with zero attached hydrogens (tertiary/aromatic N) is 2. The van der Waals surface area contributed by atoms with Gasteiger partial charge in [0, 0.05) is 42.5 Å². The smallest absolute Gasteiger partial charge is 0.264 e. The molecule has 0 bridgehead atoms. The van der Waals surface area contributed by atoms with Gasteiger partial charge in [0.05, 0.1) is 15.6 Å². The summed E-state index contributed by atoms with van der Waals surface area (Å²) < 4.78 is 0. The van der Waals surface area contributed by atoms with Gasteiger partial charge in [0.25, 0.3) is 11.8 Å².